The SMILES string of the molecule is CCCCC(CCCC)C(P)(CCCC)CCCC.CCCS(=O)(=O)O. The molecule has 0 saturated carbocycles. The van der Waals surface area contributed by atoms with E-state index < -0.39 is 10.1 Å². The van der Waals surface area contributed by atoms with E-state index in [1.165, 1.54) is 77.0 Å². The van der Waals surface area contributed by atoms with Crippen LogP contribution in [0.25, 0.3) is 0 Å². The van der Waals surface area contributed by atoms with Crippen LogP contribution in [0.1, 0.15) is 118 Å². The van der Waals surface area contributed by atoms with Gasteiger partial charge in [0.15, 0.2) is 0 Å². The molecule has 26 heavy (non-hydrogen) atoms. The minimum absolute atomic E-state index is 0.132. The van der Waals surface area contributed by atoms with Gasteiger partial charge in [-0.2, -0.15) is 8.42 Å². The molecule has 0 saturated heterocycles. The standard InChI is InChI=1S/C18H39P.C3H8O3S/c1-5-9-13-17(14-10-6-2)18(19,15-11-7-3)16-12-8-4;1-2-3-7(4,5)6/h17H,5-16,19H2,1-4H3;2-3H2,1H3,(H,4,5,6). The molecule has 0 spiro atoms. The first-order valence-corrected chi connectivity index (χ1v) is 13.1. The molecule has 160 valence electrons. The predicted molar refractivity (Wildman–Crippen MR) is 121 cm³/mol. The second kappa shape index (κ2) is 17.4. The van der Waals surface area contributed by atoms with Crippen molar-refractivity contribution in [3.8, 4) is 0 Å². The van der Waals surface area contributed by atoms with E-state index in [0.29, 0.717) is 11.6 Å². The lowest BCUT2D eigenvalue weighted by Crippen LogP contribution is -2.32. The lowest BCUT2D eigenvalue weighted by Gasteiger charge is -2.38. The predicted octanol–water partition coefficient (Wildman–Crippen LogP) is 7.26. The van der Waals surface area contributed by atoms with Crippen molar-refractivity contribution in [2.24, 2.45) is 5.92 Å². The van der Waals surface area contributed by atoms with Gasteiger partial charge in [-0.3, -0.25) is 4.55 Å². The molecule has 5 heteroatoms. The van der Waals surface area contributed by atoms with Crippen LogP contribution in [0.3, 0.4) is 0 Å². The van der Waals surface area contributed by atoms with Gasteiger partial charge >= 0.3 is 0 Å². The number of hydrogen-bond donors (Lipinski definition) is 1. The molecular weight excluding hydrogens is 363 g/mol. The summed E-state index contributed by atoms with van der Waals surface area (Å²) in [5, 5.41) is 0.538. The highest BCUT2D eigenvalue weighted by atomic mass is 32.2. The Morgan fingerprint density at radius 3 is 1.38 bits per heavy atom. The average Bonchev–Trinajstić information content (AvgIpc) is 2.57. The third kappa shape index (κ3) is 16.5. The number of hydrogen-bond acceptors (Lipinski definition) is 2. The zero-order chi connectivity index (χ0) is 20.5. The van der Waals surface area contributed by atoms with Gasteiger partial charge in [0.05, 0.1) is 5.75 Å². The molecule has 0 aromatic carbocycles. The molecule has 0 heterocycles. The van der Waals surface area contributed by atoms with Crippen LogP contribution in [-0.4, -0.2) is 23.9 Å². The average molecular weight is 411 g/mol. The maximum absolute atomic E-state index is 9.79. The number of unbranched alkanes of at least 4 members (excludes halogenated alkanes) is 4. The van der Waals surface area contributed by atoms with E-state index in [-0.39, 0.29) is 5.75 Å². The fraction of sp³-hybridized carbons (Fsp3) is 1.00. The van der Waals surface area contributed by atoms with Crippen LogP contribution >= 0.6 is 9.24 Å². The smallest absolute Gasteiger partial charge is 0.264 e. The second-order valence-corrected chi connectivity index (χ2v) is 10.4. The molecular formula is C21H47O3PS. The normalized spacial score (nSPS) is 12.2. The van der Waals surface area contributed by atoms with Crippen molar-refractivity contribution >= 4 is 19.4 Å². The summed E-state index contributed by atoms with van der Waals surface area (Å²) in [5.41, 5.74) is 0. The summed E-state index contributed by atoms with van der Waals surface area (Å²) in [6.45, 7) is 11.0. The highest BCUT2D eigenvalue weighted by molar-refractivity contribution is 7.85. The lowest BCUT2D eigenvalue weighted by molar-refractivity contribution is 0.276. The molecule has 0 fully saturated rings. The van der Waals surface area contributed by atoms with Gasteiger partial charge in [0.25, 0.3) is 10.1 Å². The van der Waals surface area contributed by atoms with Crippen molar-refractivity contribution in [3.63, 3.8) is 0 Å². The Hall–Kier alpha value is 0.340. The number of rotatable bonds is 15. The van der Waals surface area contributed by atoms with E-state index >= 15 is 0 Å². The van der Waals surface area contributed by atoms with Crippen molar-refractivity contribution in [2.75, 3.05) is 5.75 Å². The first-order valence-electron chi connectivity index (χ1n) is 10.9. The van der Waals surface area contributed by atoms with Crippen LogP contribution in [0.15, 0.2) is 0 Å². The lowest BCUT2D eigenvalue weighted by atomic mass is 9.77. The summed E-state index contributed by atoms with van der Waals surface area (Å²) in [7, 11) is -0.354. The molecule has 0 radical (unpaired) electrons. The molecule has 0 aliphatic rings. The van der Waals surface area contributed by atoms with Crippen molar-refractivity contribution in [2.45, 2.75) is 123 Å². The van der Waals surface area contributed by atoms with Crippen molar-refractivity contribution in [1.82, 2.24) is 0 Å². The summed E-state index contributed by atoms with van der Waals surface area (Å²) < 4.78 is 27.6. The van der Waals surface area contributed by atoms with Gasteiger partial charge in [-0.05, 0) is 43.2 Å². The van der Waals surface area contributed by atoms with Crippen LogP contribution in [0, 0.1) is 5.92 Å². The summed E-state index contributed by atoms with van der Waals surface area (Å²) >= 11 is 0. The molecule has 0 amide bonds. The highest BCUT2D eigenvalue weighted by Gasteiger charge is 2.32. The van der Waals surface area contributed by atoms with Gasteiger partial charge in [-0.25, -0.2) is 0 Å². The Labute approximate surface area is 167 Å². The third-order valence-electron chi connectivity index (χ3n) is 5.08. The van der Waals surface area contributed by atoms with Crippen molar-refractivity contribution in [1.29, 1.82) is 0 Å². The van der Waals surface area contributed by atoms with Gasteiger partial charge in [0, 0.05) is 0 Å². The Morgan fingerprint density at radius 2 is 1.15 bits per heavy atom. The zero-order valence-electron chi connectivity index (χ0n) is 18.2. The van der Waals surface area contributed by atoms with Crippen LogP contribution in [0.4, 0.5) is 0 Å². The second-order valence-electron chi connectivity index (χ2n) is 7.71. The van der Waals surface area contributed by atoms with Gasteiger partial charge in [0.1, 0.15) is 0 Å². The summed E-state index contributed by atoms with van der Waals surface area (Å²) in [5.74, 6) is 0.808. The summed E-state index contributed by atoms with van der Waals surface area (Å²) in [6, 6.07) is 0. The Balaban J connectivity index is 0. The Kier molecular flexibility index (Phi) is 19.1. The first kappa shape index (κ1) is 28.5. The van der Waals surface area contributed by atoms with Crippen LogP contribution < -0.4 is 0 Å². The molecule has 0 aromatic rings. The molecule has 1 unspecified atom stereocenters. The monoisotopic (exact) mass is 410 g/mol. The molecule has 1 N–H and O–H groups in total. The maximum atomic E-state index is 9.79. The Morgan fingerprint density at radius 1 is 0.769 bits per heavy atom. The van der Waals surface area contributed by atoms with Gasteiger partial charge < -0.3 is 0 Å². The third-order valence-corrected chi connectivity index (χ3v) is 7.05. The first-order chi connectivity index (χ1) is 12.2. The van der Waals surface area contributed by atoms with Gasteiger partial charge in [-0.15, -0.1) is 9.24 Å². The molecule has 0 aromatic heterocycles. The van der Waals surface area contributed by atoms with Crippen LogP contribution in [0.2, 0.25) is 0 Å². The molecule has 0 aliphatic carbocycles. The molecule has 3 nitrogen and oxygen atoms in total. The quantitative estimate of drug-likeness (QED) is 0.228. The maximum Gasteiger partial charge on any atom is 0.264 e. The topological polar surface area (TPSA) is 54.4 Å². The van der Waals surface area contributed by atoms with E-state index in [0.717, 1.165) is 5.92 Å². The molecule has 1 atom stereocenters. The highest BCUT2D eigenvalue weighted by Crippen LogP contribution is 2.43. The minimum Gasteiger partial charge on any atom is -0.286 e. The Bertz CT molecular complexity index is 380. The van der Waals surface area contributed by atoms with Crippen LogP contribution in [-0.2, 0) is 10.1 Å². The van der Waals surface area contributed by atoms with E-state index in [2.05, 4.69) is 36.9 Å². The fourth-order valence-electron chi connectivity index (χ4n) is 3.42. The van der Waals surface area contributed by atoms with E-state index in [4.69, 9.17) is 4.55 Å². The van der Waals surface area contributed by atoms with E-state index in [1.807, 2.05) is 0 Å². The van der Waals surface area contributed by atoms with E-state index in [9.17, 15) is 8.42 Å². The fourth-order valence-corrected chi connectivity index (χ4v) is 4.68. The van der Waals surface area contributed by atoms with E-state index in [1.54, 1.807) is 6.92 Å². The zero-order valence-corrected chi connectivity index (χ0v) is 20.2. The molecule has 0 aliphatic heterocycles. The molecule has 0 rings (SSSR count). The van der Waals surface area contributed by atoms with Gasteiger partial charge in [0.2, 0.25) is 0 Å². The summed E-state index contributed by atoms with van der Waals surface area (Å²) in [6.07, 6.45) is 17.3. The van der Waals surface area contributed by atoms with Crippen molar-refractivity contribution < 1.29 is 13.0 Å². The van der Waals surface area contributed by atoms with Gasteiger partial charge in [-0.1, -0.05) is 86.0 Å². The van der Waals surface area contributed by atoms with Crippen molar-refractivity contribution in [3.05, 3.63) is 0 Å². The summed E-state index contributed by atoms with van der Waals surface area (Å²) in [4.78, 5) is 0. The minimum atomic E-state index is -3.67. The molecule has 0 bridgehead atoms. The van der Waals surface area contributed by atoms with Crippen LogP contribution in [0.5, 0.6) is 0 Å². The largest absolute Gasteiger partial charge is 0.286 e.